The fraction of sp³-hybridized carbons (Fsp3) is 0.600. The van der Waals surface area contributed by atoms with Crippen molar-refractivity contribution in [1.29, 1.82) is 0 Å². The molecular formula is C15H26N2O. The number of hydrogen-bond donors (Lipinski definition) is 1. The summed E-state index contributed by atoms with van der Waals surface area (Å²) in [6.45, 7) is 6.52. The average Bonchev–Trinajstić information content (AvgIpc) is 2.43. The lowest BCUT2D eigenvalue weighted by Crippen LogP contribution is -2.39. The number of unbranched alkanes of at least 4 members (excludes halogenated alkanes) is 2. The van der Waals surface area contributed by atoms with E-state index in [-0.39, 0.29) is 0 Å². The van der Waals surface area contributed by atoms with Crippen LogP contribution in [0, 0.1) is 0 Å². The van der Waals surface area contributed by atoms with Crippen LogP contribution in [-0.2, 0) is 0 Å². The maximum atomic E-state index is 5.19. The van der Waals surface area contributed by atoms with E-state index < -0.39 is 0 Å². The predicted octanol–water partition coefficient (Wildman–Crippen LogP) is 3.61. The van der Waals surface area contributed by atoms with Crippen molar-refractivity contribution in [2.45, 2.75) is 39.5 Å². The molecule has 0 saturated heterocycles. The molecule has 3 heteroatoms. The van der Waals surface area contributed by atoms with Gasteiger partial charge in [0, 0.05) is 13.1 Å². The van der Waals surface area contributed by atoms with Gasteiger partial charge in [-0.2, -0.15) is 0 Å². The molecule has 0 spiro atoms. The third kappa shape index (κ3) is 4.96. The van der Waals surface area contributed by atoms with E-state index >= 15 is 0 Å². The Morgan fingerprint density at radius 1 is 1.06 bits per heavy atom. The standard InChI is InChI=1S/C15H26N2O/c1-4-6-12-16-17(13-7-5-2)14-8-10-15(18-3)11-9-14/h8-11,16H,4-7,12-13H2,1-3H3. The normalized spacial score (nSPS) is 10.4. The van der Waals surface area contributed by atoms with Crippen LogP contribution in [0.2, 0.25) is 0 Å². The maximum Gasteiger partial charge on any atom is 0.119 e. The van der Waals surface area contributed by atoms with Gasteiger partial charge < -0.3 is 9.75 Å². The number of rotatable bonds is 9. The topological polar surface area (TPSA) is 24.5 Å². The van der Waals surface area contributed by atoms with E-state index in [9.17, 15) is 0 Å². The van der Waals surface area contributed by atoms with Gasteiger partial charge in [0.1, 0.15) is 5.75 Å². The SMILES string of the molecule is CCCCNN(CCCC)c1ccc(OC)cc1. The van der Waals surface area contributed by atoms with Crippen molar-refractivity contribution >= 4 is 5.69 Å². The number of hydrazine groups is 1. The van der Waals surface area contributed by atoms with Crippen LogP contribution in [0.3, 0.4) is 0 Å². The number of nitrogens with one attached hydrogen (secondary N) is 1. The van der Waals surface area contributed by atoms with Crippen molar-refractivity contribution in [2.75, 3.05) is 25.2 Å². The van der Waals surface area contributed by atoms with Gasteiger partial charge in [0.2, 0.25) is 0 Å². The van der Waals surface area contributed by atoms with E-state index in [4.69, 9.17) is 4.74 Å². The minimum Gasteiger partial charge on any atom is -0.497 e. The molecule has 1 rings (SSSR count). The molecule has 0 aliphatic carbocycles. The summed E-state index contributed by atoms with van der Waals surface area (Å²) in [5.74, 6) is 0.905. The lowest BCUT2D eigenvalue weighted by Gasteiger charge is -2.25. The minimum atomic E-state index is 0.905. The maximum absolute atomic E-state index is 5.19. The molecule has 0 bridgehead atoms. The van der Waals surface area contributed by atoms with Crippen LogP contribution in [0.4, 0.5) is 5.69 Å². The average molecular weight is 250 g/mol. The largest absolute Gasteiger partial charge is 0.497 e. The van der Waals surface area contributed by atoms with Crippen LogP contribution in [0.5, 0.6) is 5.75 Å². The zero-order valence-corrected chi connectivity index (χ0v) is 11.9. The van der Waals surface area contributed by atoms with Crippen molar-refractivity contribution in [2.24, 2.45) is 0 Å². The summed E-state index contributed by atoms with van der Waals surface area (Å²) in [4.78, 5) is 0. The molecule has 0 radical (unpaired) electrons. The van der Waals surface area contributed by atoms with E-state index in [0.29, 0.717) is 0 Å². The molecule has 18 heavy (non-hydrogen) atoms. The fourth-order valence-electron chi connectivity index (χ4n) is 1.77. The van der Waals surface area contributed by atoms with Gasteiger partial charge in [-0.25, -0.2) is 5.43 Å². The van der Waals surface area contributed by atoms with Gasteiger partial charge in [-0.3, -0.25) is 0 Å². The molecule has 3 nitrogen and oxygen atoms in total. The van der Waals surface area contributed by atoms with Crippen LogP contribution in [0.25, 0.3) is 0 Å². The van der Waals surface area contributed by atoms with Crippen LogP contribution in [0.1, 0.15) is 39.5 Å². The molecular weight excluding hydrogens is 224 g/mol. The van der Waals surface area contributed by atoms with Gasteiger partial charge >= 0.3 is 0 Å². The lowest BCUT2D eigenvalue weighted by atomic mass is 10.2. The van der Waals surface area contributed by atoms with Gasteiger partial charge in [-0.05, 0) is 37.1 Å². The van der Waals surface area contributed by atoms with Gasteiger partial charge in [0.05, 0.1) is 12.8 Å². The highest BCUT2D eigenvalue weighted by molar-refractivity contribution is 5.48. The molecule has 0 aliphatic rings. The number of hydrogen-bond acceptors (Lipinski definition) is 3. The molecule has 0 unspecified atom stereocenters. The first-order valence-electron chi connectivity index (χ1n) is 6.96. The Bertz CT molecular complexity index is 311. The molecule has 0 heterocycles. The fourth-order valence-corrected chi connectivity index (χ4v) is 1.77. The summed E-state index contributed by atoms with van der Waals surface area (Å²) in [5.41, 5.74) is 4.71. The highest BCUT2D eigenvalue weighted by Gasteiger charge is 2.05. The predicted molar refractivity (Wildman–Crippen MR) is 78.2 cm³/mol. The highest BCUT2D eigenvalue weighted by Crippen LogP contribution is 2.18. The quantitative estimate of drug-likeness (QED) is 0.535. The van der Waals surface area contributed by atoms with Crippen LogP contribution >= 0.6 is 0 Å². The van der Waals surface area contributed by atoms with Crippen molar-refractivity contribution < 1.29 is 4.74 Å². The Morgan fingerprint density at radius 3 is 2.28 bits per heavy atom. The highest BCUT2D eigenvalue weighted by atomic mass is 16.5. The molecule has 0 atom stereocenters. The Labute approximate surface area is 111 Å². The number of benzene rings is 1. The molecule has 102 valence electrons. The molecule has 0 saturated carbocycles. The Balaban J connectivity index is 2.60. The first-order chi connectivity index (χ1) is 8.81. The molecule has 0 fully saturated rings. The molecule has 1 aromatic rings. The minimum absolute atomic E-state index is 0.905. The van der Waals surface area contributed by atoms with E-state index in [0.717, 1.165) is 18.8 Å². The van der Waals surface area contributed by atoms with Crippen molar-refractivity contribution in [3.8, 4) is 5.75 Å². The molecule has 0 aliphatic heterocycles. The van der Waals surface area contributed by atoms with Crippen LogP contribution < -0.4 is 15.2 Å². The summed E-state index contributed by atoms with van der Waals surface area (Å²) < 4.78 is 5.19. The van der Waals surface area contributed by atoms with Gasteiger partial charge in [0.15, 0.2) is 0 Å². The smallest absolute Gasteiger partial charge is 0.119 e. The second kappa shape index (κ2) is 8.81. The summed E-state index contributed by atoms with van der Waals surface area (Å²) in [7, 11) is 1.70. The van der Waals surface area contributed by atoms with E-state index in [1.807, 2.05) is 12.1 Å². The lowest BCUT2D eigenvalue weighted by molar-refractivity contribution is 0.414. The third-order valence-electron chi connectivity index (χ3n) is 2.95. The molecule has 0 amide bonds. The first kappa shape index (κ1) is 14.8. The number of methoxy groups -OCH3 is 1. The van der Waals surface area contributed by atoms with Gasteiger partial charge in [-0.1, -0.05) is 26.7 Å². The van der Waals surface area contributed by atoms with Gasteiger partial charge in [0.25, 0.3) is 0 Å². The van der Waals surface area contributed by atoms with Crippen LogP contribution in [-0.4, -0.2) is 20.2 Å². The third-order valence-corrected chi connectivity index (χ3v) is 2.95. The summed E-state index contributed by atoms with van der Waals surface area (Å²) in [6, 6.07) is 8.23. The number of ether oxygens (including phenoxy) is 1. The summed E-state index contributed by atoms with van der Waals surface area (Å²) in [5, 5.41) is 2.25. The number of nitrogens with zero attached hydrogens (tertiary/aromatic N) is 1. The molecule has 0 aromatic heterocycles. The summed E-state index contributed by atoms with van der Waals surface area (Å²) >= 11 is 0. The van der Waals surface area contributed by atoms with Crippen molar-refractivity contribution in [3.63, 3.8) is 0 Å². The second-order valence-corrected chi connectivity index (χ2v) is 4.46. The van der Waals surface area contributed by atoms with E-state index in [1.165, 1.54) is 31.4 Å². The van der Waals surface area contributed by atoms with Crippen LogP contribution in [0.15, 0.2) is 24.3 Å². The van der Waals surface area contributed by atoms with E-state index in [1.54, 1.807) is 7.11 Å². The van der Waals surface area contributed by atoms with E-state index in [2.05, 4.69) is 36.4 Å². The molecule has 1 N–H and O–H groups in total. The van der Waals surface area contributed by atoms with Gasteiger partial charge in [-0.15, -0.1) is 0 Å². The first-order valence-corrected chi connectivity index (χ1v) is 6.96. The Hall–Kier alpha value is -1.22. The Kier molecular flexibility index (Phi) is 7.26. The second-order valence-electron chi connectivity index (χ2n) is 4.46. The zero-order chi connectivity index (χ0) is 13.2. The summed E-state index contributed by atoms with van der Waals surface area (Å²) in [6.07, 6.45) is 4.84. The monoisotopic (exact) mass is 250 g/mol. The number of anilines is 1. The molecule has 1 aromatic carbocycles. The van der Waals surface area contributed by atoms with Crippen molar-refractivity contribution in [1.82, 2.24) is 5.43 Å². The Morgan fingerprint density at radius 2 is 1.72 bits per heavy atom. The van der Waals surface area contributed by atoms with Crippen molar-refractivity contribution in [3.05, 3.63) is 24.3 Å². The zero-order valence-electron chi connectivity index (χ0n) is 11.9.